The third-order valence-corrected chi connectivity index (χ3v) is 7.88. The summed E-state index contributed by atoms with van der Waals surface area (Å²) < 4.78 is 0. The van der Waals surface area contributed by atoms with Crippen LogP contribution in [0.1, 0.15) is 56.9 Å². The number of nitrogens with one attached hydrogen (secondary N) is 1. The SMILES string of the molecule is O=C1CC2(CCN(C(=O)[C@@]3(c4ccccc4)CC34CCCC4)CC2)CN1. The van der Waals surface area contributed by atoms with Gasteiger partial charge < -0.3 is 10.2 Å². The van der Waals surface area contributed by atoms with Gasteiger partial charge in [-0.05, 0) is 48.5 Å². The molecule has 1 aromatic rings. The van der Waals surface area contributed by atoms with Crippen molar-refractivity contribution < 1.29 is 9.59 Å². The van der Waals surface area contributed by atoms with Crippen LogP contribution in [0.4, 0.5) is 0 Å². The molecule has 2 saturated carbocycles. The van der Waals surface area contributed by atoms with Crippen LogP contribution in [0.2, 0.25) is 0 Å². The van der Waals surface area contributed by atoms with Crippen LogP contribution >= 0.6 is 0 Å². The van der Waals surface area contributed by atoms with Gasteiger partial charge in [-0.1, -0.05) is 43.2 Å². The molecule has 138 valence electrons. The normalized spacial score (nSPS) is 31.4. The number of hydrogen-bond acceptors (Lipinski definition) is 2. The fourth-order valence-electron chi connectivity index (χ4n) is 6.23. The van der Waals surface area contributed by atoms with Gasteiger partial charge in [-0.2, -0.15) is 0 Å². The van der Waals surface area contributed by atoms with Crippen molar-refractivity contribution >= 4 is 11.8 Å². The highest BCUT2D eigenvalue weighted by Gasteiger charge is 2.73. The fourth-order valence-corrected chi connectivity index (χ4v) is 6.23. The van der Waals surface area contributed by atoms with Gasteiger partial charge in [0, 0.05) is 26.1 Å². The van der Waals surface area contributed by atoms with Crippen LogP contribution in [-0.4, -0.2) is 36.3 Å². The maximum Gasteiger partial charge on any atom is 0.233 e. The summed E-state index contributed by atoms with van der Waals surface area (Å²) in [5, 5.41) is 2.99. The molecule has 2 heterocycles. The van der Waals surface area contributed by atoms with Crippen molar-refractivity contribution in [3.8, 4) is 0 Å². The molecule has 2 amide bonds. The zero-order valence-electron chi connectivity index (χ0n) is 15.4. The molecule has 2 spiro atoms. The van der Waals surface area contributed by atoms with Crippen molar-refractivity contribution in [2.75, 3.05) is 19.6 Å². The Morgan fingerprint density at radius 2 is 1.69 bits per heavy atom. The Hall–Kier alpha value is -1.84. The minimum absolute atomic E-state index is 0.0996. The molecule has 2 aliphatic heterocycles. The second-order valence-corrected chi connectivity index (χ2v) is 9.18. The van der Waals surface area contributed by atoms with Gasteiger partial charge in [0.1, 0.15) is 0 Å². The Morgan fingerprint density at radius 1 is 1.00 bits per heavy atom. The summed E-state index contributed by atoms with van der Waals surface area (Å²) in [5.41, 5.74) is 1.26. The third kappa shape index (κ3) is 2.20. The molecule has 1 N–H and O–H groups in total. The Morgan fingerprint density at radius 3 is 2.31 bits per heavy atom. The smallest absolute Gasteiger partial charge is 0.233 e. The number of amides is 2. The predicted octanol–water partition coefficient (Wildman–Crippen LogP) is 3.02. The lowest BCUT2D eigenvalue weighted by Gasteiger charge is -2.40. The number of carbonyl (C=O) groups excluding carboxylic acids is 2. The van der Waals surface area contributed by atoms with E-state index in [9.17, 15) is 9.59 Å². The average molecular weight is 352 g/mol. The van der Waals surface area contributed by atoms with Gasteiger partial charge in [-0.25, -0.2) is 0 Å². The number of nitrogens with zero attached hydrogens (tertiary/aromatic N) is 1. The molecule has 26 heavy (non-hydrogen) atoms. The Labute approximate surface area is 155 Å². The first-order chi connectivity index (χ1) is 12.6. The van der Waals surface area contributed by atoms with Crippen molar-refractivity contribution in [3.05, 3.63) is 35.9 Å². The van der Waals surface area contributed by atoms with E-state index in [0.29, 0.717) is 12.3 Å². The van der Waals surface area contributed by atoms with Crippen LogP contribution in [0.25, 0.3) is 0 Å². The Bertz CT molecular complexity index is 730. The van der Waals surface area contributed by atoms with Crippen LogP contribution < -0.4 is 5.32 Å². The molecule has 5 rings (SSSR count). The summed E-state index contributed by atoms with van der Waals surface area (Å²) in [6.07, 6.45) is 8.50. The van der Waals surface area contributed by atoms with Gasteiger partial charge >= 0.3 is 0 Å². The molecule has 2 aliphatic carbocycles. The van der Waals surface area contributed by atoms with Gasteiger partial charge in [-0.15, -0.1) is 0 Å². The number of rotatable bonds is 2. The van der Waals surface area contributed by atoms with Crippen LogP contribution in [-0.2, 0) is 15.0 Å². The quantitative estimate of drug-likeness (QED) is 0.889. The van der Waals surface area contributed by atoms with Crippen LogP contribution in [0, 0.1) is 10.8 Å². The van der Waals surface area contributed by atoms with E-state index in [4.69, 9.17) is 0 Å². The van der Waals surface area contributed by atoms with E-state index in [1.54, 1.807) is 0 Å². The molecule has 4 aliphatic rings. The molecule has 1 atom stereocenters. The topological polar surface area (TPSA) is 49.4 Å². The van der Waals surface area contributed by atoms with E-state index in [-0.39, 0.29) is 22.2 Å². The summed E-state index contributed by atoms with van der Waals surface area (Å²) in [6.45, 7) is 2.40. The predicted molar refractivity (Wildman–Crippen MR) is 99.5 cm³/mol. The molecule has 1 aromatic carbocycles. The lowest BCUT2D eigenvalue weighted by atomic mass is 9.76. The first-order valence-corrected chi connectivity index (χ1v) is 10.2. The number of hydrogen-bond donors (Lipinski definition) is 1. The molecule has 4 heteroatoms. The number of piperidine rings is 1. The van der Waals surface area contributed by atoms with Gasteiger partial charge in [0.15, 0.2) is 0 Å². The second kappa shape index (κ2) is 5.58. The number of benzene rings is 1. The van der Waals surface area contributed by atoms with Crippen molar-refractivity contribution in [1.82, 2.24) is 10.2 Å². The van der Waals surface area contributed by atoms with E-state index in [0.717, 1.165) is 38.9 Å². The van der Waals surface area contributed by atoms with Crippen molar-refractivity contribution in [3.63, 3.8) is 0 Å². The highest BCUT2D eigenvalue weighted by atomic mass is 16.2. The fraction of sp³-hybridized carbons (Fsp3) is 0.636. The Kier molecular flexibility index (Phi) is 3.51. The summed E-state index contributed by atoms with van der Waals surface area (Å²) in [5.74, 6) is 0.537. The van der Waals surface area contributed by atoms with Crippen LogP contribution in [0.3, 0.4) is 0 Å². The van der Waals surface area contributed by atoms with Crippen LogP contribution in [0.5, 0.6) is 0 Å². The average Bonchev–Trinajstić information content (AvgIpc) is 2.92. The van der Waals surface area contributed by atoms with Crippen molar-refractivity contribution in [2.24, 2.45) is 10.8 Å². The number of carbonyl (C=O) groups is 2. The van der Waals surface area contributed by atoms with Gasteiger partial charge in [-0.3, -0.25) is 9.59 Å². The molecule has 0 radical (unpaired) electrons. The Balaban J connectivity index is 1.39. The van der Waals surface area contributed by atoms with E-state index < -0.39 is 0 Å². The maximum absolute atomic E-state index is 13.8. The van der Waals surface area contributed by atoms with E-state index in [1.807, 2.05) is 6.07 Å². The molecular weight excluding hydrogens is 324 g/mol. The monoisotopic (exact) mass is 352 g/mol. The number of likely N-dealkylation sites (tertiary alicyclic amines) is 1. The molecule has 0 bridgehead atoms. The van der Waals surface area contributed by atoms with E-state index >= 15 is 0 Å². The maximum atomic E-state index is 13.8. The van der Waals surface area contributed by atoms with Gasteiger partial charge in [0.2, 0.25) is 11.8 Å². The first kappa shape index (κ1) is 16.3. The summed E-state index contributed by atoms with van der Waals surface area (Å²) in [6, 6.07) is 10.5. The molecular formula is C22H28N2O2. The van der Waals surface area contributed by atoms with Crippen LogP contribution in [0.15, 0.2) is 30.3 Å². The minimum atomic E-state index is -0.279. The van der Waals surface area contributed by atoms with E-state index in [1.165, 1.54) is 31.2 Å². The van der Waals surface area contributed by atoms with Gasteiger partial charge in [0.05, 0.1) is 5.41 Å². The van der Waals surface area contributed by atoms with E-state index in [2.05, 4.69) is 34.5 Å². The van der Waals surface area contributed by atoms with Crippen molar-refractivity contribution in [2.45, 2.75) is 56.8 Å². The summed E-state index contributed by atoms with van der Waals surface area (Å²) in [4.78, 5) is 27.5. The minimum Gasteiger partial charge on any atom is -0.356 e. The largest absolute Gasteiger partial charge is 0.356 e. The lowest BCUT2D eigenvalue weighted by molar-refractivity contribution is -0.137. The molecule has 2 saturated heterocycles. The third-order valence-electron chi connectivity index (χ3n) is 7.88. The van der Waals surface area contributed by atoms with Crippen molar-refractivity contribution in [1.29, 1.82) is 0 Å². The summed E-state index contributed by atoms with van der Waals surface area (Å²) in [7, 11) is 0. The molecule has 4 fully saturated rings. The van der Waals surface area contributed by atoms with Gasteiger partial charge in [0.25, 0.3) is 0 Å². The highest BCUT2D eigenvalue weighted by Crippen LogP contribution is 2.72. The zero-order chi connectivity index (χ0) is 17.8. The molecule has 4 nitrogen and oxygen atoms in total. The molecule has 0 unspecified atom stereocenters. The highest BCUT2D eigenvalue weighted by molar-refractivity contribution is 5.93. The standard InChI is InChI=1S/C22H28N2O2/c25-18-14-20(16-23-18)10-12-24(13-11-20)19(26)22(17-6-2-1-3-7-17)15-21(22)8-4-5-9-21/h1-3,6-7H,4-5,8-16H2,(H,23,25)/t22-/m0/s1. The lowest BCUT2D eigenvalue weighted by Crippen LogP contribution is -2.48. The second-order valence-electron chi connectivity index (χ2n) is 9.18. The first-order valence-electron chi connectivity index (χ1n) is 10.2. The molecule has 0 aromatic heterocycles. The zero-order valence-corrected chi connectivity index (χ0v) is 15.4. The summed E-state index contributed by atoms with van der Waals surface area (Å²) >= 11 is 0.